The molecule has 0 radical (unpaired) electrons. The number of nitrogens with zero attached hydrogens (tertiary/aromatic N) is 2. The number of rotatable bonds is 5. The number of hydrogen-bond acceptors (Lipinski definition) is 4. The Morgan fingerprint density at radius 2 is 1.50 bits per heavy atom. The van der Waals surface area contributed by atoms with Gasteiger partial charge in [-0.05, 0) is 24.6 Å². The second kappa shape index (κ2) is 6.71. The zero-order chi connectivity index (χ0) is 17.1. The summed E-state index contributed by atoms with van der Waals surface area (Å²) >= 11 is 0. The quantitative estimate of drug-likeness (QED) is 0.635. The SMILES string of the molecule is CCN(CC)c1c(-c2ccccc2)c(O)c(N=O)c2ccccc12. The number of phenolic OH excluding ortho intramolecular Hbond substituents is 1. The molecular formula is C20H20N2O2. The molecule has 0 aromatic heterocycles. The van der Waals surface area contributed by atoms with E-state index in [-0.39, 0.29) is 11.4 Å². The van der Waals surface area contributed by atoms with Gasteiger partial charge < -0.3 is 10.0 Å². The third-order valence-electron chi connectivity index (χ3n) is 4.37. The smallest absolute Gasteiger partial charge is 0.158 e. The van der Waals surface area contributed by atoms with Gasteiger partial charge in [-0.25, -0.2) is 0 Å². The van der Waals surface area contributed by atoms with Crippen molar-refractivity contribution in [1.82, 2.24) is 0 Å². The molecule has 0 aliphatic heterocycles. The lowest BCUT2D eigenvalue weighted by Gasteiger charge is -2.27. The van der Waals surface area contributed by atoms with Gasteiger partial charge in [0.15, 0.2) is 11.4 Å². The van der Waals surface area contributed by atoms with Crippen LogP contribution in [0.3, 0.4) is 0 Å². The van der Waals surface area contributed by atoms with E-state index in [1.165, 1.54) is 0 Å². The van der Waals surface area contributed by atoms with Gasteiger partial charge >= 0.3 is 0 Å². The number of phenols is 1. The van der Waals surface area contributed by atoms with E-state index in [4.69, 9.17) is 0 Å². The third kappa shape index (κ3) is 2.50. The molecule has 0 spiro atoms. The first-order chi connectivity index (χ1) is 11.7. The van der Waals surface area contributed by atoms with Crippen molar-refractivity contribution in [3.05, 3.63) is 59.5 Å². The summed E-state index contributed by atoms with van der Waals surface area (Å²) in [5, 5.41) is 15.6. The van der Waals surface area contributed by atoms with E-state index in [1.807, 2.05) is 54.6 Å². The molecule has 4 heteroatoms. The molecule has 122 valence electrons. The van der Waals surface area contributed by atoms with Gasteiger partial charge in [0.05, 0.1) is 5.69 Å². The highest BCUT2D eigenvalue weighted by Crippen LogP contribution is 2.50. The number of fused-ring (bicyclic) bond motifs is 1. The van der Waals surface area contributed by atoms with Gasteiger partial charge in [-0.2, -0.15) is 0 Å². The van der Waals surface area contributed by atoms with Gasteiger partial charge in [0.2, 0.25) is 0 Å². The van der Waals surface area contributed by atoms with E-state index in [9.17, 15) is 10.0 Å². The molecular weight excluding hydrogens is 300 g/mol. The third-order valence-corrected chi connectivity index (χ3v) is 4.37. The van der Waals surface area contributed by atoms with E-state index >= 15 is 0 Å². The normalized spacial score (nSPS) is 10.8. The number of benzene rings is 3. The van der Waals surface area contributed by atoms with E-state index < -0.39 is 0 Å². The molecule has 0 unspecified atom stereocenters. The van der Waals surface area contributed by atoms with Crippen LogP contribution >= 0.6 is 0 Å². The van der Waals surface area contributed by atoms with Crippen LogP contribution in [0.15, 0.2) is 59.8 Å². The van der Waals surface area contributed by atoms with Crippen LogP contribution in [0.5, 0.6) is 5.75 Å². The lowest BCUT2D eigenvalue weighted by atomic mass is 9.94. The molecule has 3 aromatic rings. The largest absolute Gasteiger partial charge is 0.505 e. The molecule has 0 saturated heterocycles. The van der Waals surface area contributed by atoms with E-state index in [0.29, 0.717) is 10.9 Å². The van der Waals surface area contributed by atoms with Crippen molar-refractivity contribution in [2.75, 3.05) is 18.0 Å². The molecule has 1 N–H and O–H groups in total. The van der Waals surface area contributed by atoms with Crippen LogP contribution in [0.2, 0.25) is 0 Å². The average molecular weight is 320 g/mol. The molecule has 3 rings (SSSR count). The standard InChI is InChI=1S/C20H20N2O2/c1-3-22(4-2)19-16-13-9-8-12-15(16)18(21-24)20(23)17(19)14-10-6-5-7-11-14/h5-13,23H,3-4H2,1-2H3. The monoisotopic (exact) mass is 320 g/mol. The first-order valence-corrected chi connectivity index (χ1v) is 8.14. The number of hydrogen-bond donors (Lipinski definition) is 1. The van der Waals surface area contributed by atoms with Crippen molar-refractivity contribution in [3.63, 3.8) is 0 Å². The first kappa shape index (κ1) is 16.0. The topological polar surface area (TPSA) is 52.9 Å². The molecule has 24 heavy (non-hydrogen) atoms. The number of aromatic hydroxyl groups is 1. The van der Waals surface area contributed by atoms with Gasteiger partial charge in [0.25, 0.3) is 0 Å². The van der Waals surface area contributed by atoms with Gasteiger partial charge in [-0.15, -0.1) is 4.91 Å². The summed E-state index contributed by atoms with van der Waals surface area (Å²) in [5.41, 5.74) is 2.56. The summed E-state index contributed by atoms with van der Waals surface area (Å²) in [7, 11) is 0. The Balaban J connectivity index is 2.50. The fourth-order valence-electron chi connectivity index (χ4n) is 3.23. The summed E-state index contributed by atoms with van der Waals surface area (Å²) in [6, 6.07) is 17.2. The summed E-state index contributed by atoms with van der Waals surface area (Å²) in [6.07, 6.45) is 0. The Morgan fingerprint density at radius 3 is 2.08 bits per heavy atom. The Hall–Kier alpha value is -2.88. The van der Waals surface area contributed by atoms with Crippen molar-refractivity contribution in [2.24, 2.45) is 5.18 Å². The Labute approximate surface area is 141 Å². The Morgan fingerprint density at radius 1 is 0.917 bits per heavy atom. The zero-order valence-electron chi connectivity index (χ0n) is 13.9. The molecule has 0 fully saturated rings. The molecule has 0 heterocycles. The molecule has 3 aromatic carbocycles. The van der Waals surface area contributed by atoms with Crippen molar-refractivity contribution in [1.29, 1.82) is 0 Å². The summed E-state index contributed by atoms with van der Waals surface area (Å²) in [6.45, 7) is 5.76. The molecule has 0 aliphatic carbocycles. The first-order valence-electron chi connectivity index (χ1n) is 8.14. The van der Waals surface area contributed by atoms with E-state index in [0.717, 1.165) is 29.7 Å². The van der Waals surface area contributed by atoms with Crippen LogP contribution in [-0.2, 0) is 0 Å². The van der Waals surface area contributed by atoms with E-state index in [2.05, 4.69) is 23.9 Å². The molecule has 0 atom stereocenters. The minimum Gasteiger partial charge on any atom is -0.505 e. The van der Waals surface area contributed by atoms with Crippen molar-refractivity contribution in [2.45, 2.75) is 13.8 Å². The van der Waals surface area contributed by atoms with Crippen LogP contribution in [-0.4, -0.2) is 18.2 Å². The second-order valence-corrected chi connectivity index (χ2v) is 5.60. The fraction of sp³-hybridized carbons (Fsp3) is 0.200. The number of anilines is 1. The second-order valence-electron chi connectivity index (χ2n) is 5.60. The zero-order valence-corrected chi connectivity index (χ0v) is 13.9. The molecule has 0 amide bonds. The lowest BCUT2D eigenvalue weighted by molar-refractivity contribution is 0.479. The van der Waals surface area contributed by atoms with E-state index in [1.54, 1.807) is 0 Å². The predicted molar refractivity (Wildman–Crippen MR) is 100 cm³/mol. The fourth-order valence-corrected chi connectivity index (χ4v) is 3.23. The molecule has 0 saturated carbocycles. The van der Waals surface area contributed by atoms with Crippen molar-refractivity contribution >= 4 is 22.1 Å². The summed E-state index contributed by atoms with van der Waals surface area (Å²) in [4.78, 5) is 13.6. The number of nitroso groups, excluding NO2 is 1. The molecule has 0 aliphatic rings. The predicted octanol–water partition coefficient (Wildman–Crippen LogP) is 5.46. The van der Waals surface area contributed by atoms with Crippen LogP contribution in [0.4, 0.5) is 11.4 Å². The lowest BCUT2D eigenvalue weighted by Crippen LogP contribution is -2.23. The van der Waals surface area contributed by atoms with Crippen LogP contribution in [0.25, 0.3) is 21.9 Å². The molecule has 4 nitrogen and oxygen atoms in total. The Kier molecular flexibility index (Phi) is 4.47. The maximum Gasteiger partial charge on any atom is 0.158 e. The average Bonchev–Trinajstić information content (AvgIpc) is 2.63. The highest BCUT2D eigenvalue weighted by molar-refractivity contribution is 6.11. The van der Waals surface area contributed by atoms with Gasteiger partial charge in [-0.1, -0.05) is 54.6 Å². The minimum absolute atomic E-state index is 0.0585. The summed E-state index contributed by atoms with van der Waals surface area (Å²) < 4.78 is 0. The molecule has 0 bridgehead atoms. The highest BCUT2D eigenvalue weighted by atomic mass is 16.3. The maximum absolute atomic E-state index is 11.4. The van der Waals surface area contributed by atoms with Crippen LogP contribution in [0.1, 0.15) is 13.8 Å². The highest BCUT2D eigenvalue weighted by Gasteiger charge is 2.23. The van der Waals surface area contributed by atoms with Crippen molar-refractivity contribution < 1.29 is 5.11 Å². The maximum atomic E-state index is 11.4. The van der Waals surface area contributed by atoms with Crippen LogP contribution in [0, 0.1) is 4.91 Å². The Bertz CT molecular complexity index is 872. The summed E-state index contributed by atoms with van der Waals surface area (Å²) in [5.74, 6) is -0.0585. The van der Waals surface area contributed by atoms with Gasteiger partial charge in [-0.3, -0.25) is 0 Å². The van der Waals surface area contributed by atoms with Gasteiger partial charge in [0.1, 0.15) is 0 Å². The van der Waals surface area contributed by atoms with Crippen LogP contribution < -0.4 is 4.90 Å². The minimum atomic E-state index is -0.0585. The van der Waals surface area contributed by atoms with Gasteiger partial charge in [0, 0.05) is 29.4 Å². The van der Waals surface area contributed by atoms with Crippen molar-refractivity contribution in [3.8, 4) is 16.9 Å².